The van der Waals surface area contributed by atoms with Gasteiger partial charge in [0.2, 0.25) is 6.33 Å². The van der Waals surface area contributed by atoms with E-state index in [9.17, 15) is 17.2 Å². The summed E-state index contributed by atoms with van der Waals surface area (Å²) < 4.78 is 83.9. The van der Waals surface area contributed by atoms with Crippen molar-refractivity contribution in [3.63, 3.8) is 0 Å². The minimum Gasteiger partial charge on any atom is -0.545 e. The summed E-state index contributed by atoms with van der Waals surface area (Å²) in [5.41, 5.74) is 1.40. The van der Waals surface area contributed by atoms with Crippen LogP contribution in [0.3, 0.4) is 0 Å². The number of sulfonamides is 1. The minimum absolute atomic E-state index is 0.0128. The number of hydrogen-bond donors (Lipinski definition) is 0. The first-order chi connectivity index (χ1) is 22.3. The maximum Gasteiger partial charge on any atom is 0.243 e. The lowest BCUT2D eigenvalue weighted by atomic mass is 9.81. The Morgan fingerprint density at radius 3 is 2.47 bits per heavy atom. The second kappa shape index (κ2) is 14.1. The molecule has 0 bridgehead atoms. The zero-order valence-corrected chi connectivity index (χ0v) is 28.5. The number of nitrogens with zero attached hydrogens (tertiary/aromatic N) is 5. The maximum atomic E-state index is 15.4. The molecular formula is C33H33ClF3N5O3S2. The van der Waals surface area contributed by atoms with Gasteiger partial charge in [-0.25, -0.2) is 35.7 Å². The lowest BCUT2D eigenvalue weighted by molar-refractivity contribution is -0.671. The summed E-state index contributed by atoms with van der Waals surface area (Å²) in [6, 6.07) is 12.6. The molecule has 2 heterocycles. The minimum atomic E-state index is -4.13. The van der Waals surface area contributed by atoms with E-state index in [0.29, 0.717) is 29.5 Å². The van der Waals surface area contributed by atoms with Crippen LogP contribution in [0.4, 0.5) is 13.2 Å². The van der Waals surface area contributed by atoms with Crippen LogP contribution in [0.1, 0.15) is 37.1 Å². The highest BCUT2D eigenvalue weighted by molar-refractivity contribution is 7.98. The highest BCUT2D eigenvalue weighted by Crippen LogP contribution is 2.39. The maximum absolute atomic E-state index is 15.4. The van der Waals surface area contributed by atoms with Crippen LogP contribution < -0.4 is 9.30 Å². The summed E-state index contributed by atoms with van der Waals surface area (Å²) >= 11 is 7.62. The SMILES string of the molecule is COc1cc(C(C)(C)c2cnc(SCc3c(F)cc(S(=O)(=O)[N-]CCCn4cc[n+](C)c4)cc3Cl)n2-c2ccc(F)cc2)ccc1F. The van der Waals surface area contributed by atoms with Crippen molar-refractivity contribution in [3.8, 4) is 11.4 Å². The molecule has 2 aromatic heterocycles. The molecule has 0 fully saturated rings. The Bertz CT molecular complexity index is 1970. The molecule has 0 saturated heterocycles. The normalized spacial score (nSPS) is 12.1. The third-order valence-corrected chi connectivity index (χ3v) is 10.4. The predicted octanol–water partition coefficient (Wildman–Crippen LogP) is 7.35. The smallest absolute Gasteiger partial charge is 0.243 e. The quantitative estimate of drug-likeness (QED) is 0.0728. The van der Waals surface area contributed by atoms with E-state index >= 15 is 4.39 Å². The molecule has 0 saturated carbocycles. The van der Waals surface area contributed by atoms with E-state index in [4.69, 9.17) is 16.3 Å². The fraction of sp³-hybridized carbons (Fsp3) is 0.273. The Morgan fingerprint density at radius 2 is 1.81 bits per heavy atom. The van der Waals surface area contributed by atoms with E-state index in [1.807, 2.05) is 53.3 Å². The molecule has 3 aromatic carbocycles. The lowest BCUT2D eigenvalue weighted by Crippen LogP contribution is -2.23. The van der Waals surface area contributed by atoms with Crippen LogP contribution >= 0.6 is 23.4 Å². The number of methoxy groups -OCH3 is 1. The summed E-state index contributed by atoms with van der Waals surface area (Å²) in [5.74, 6) is -1.61. The van der Waals surface area contributed by atoms with Crippen LogP contribution in [0.25, 0.3) is 10.4 Å². The molecule has 8 nitrogen and oxygen atoms in total. The average molecular weight is 704 g/mol. The van der Waals surface area contributed by atoms with Crippen LogP contribution in [0.2, 0.25) is 5.02 Å². The van der Waals surface area contributed by atoms with Gasteiger partial charge in [0.05, 0.1) is 37.5 Å². The van der Waals surface area contributed by atoms with Gasteiger partial charge in [0.15, 0.2) is 16.7 Å². The molecule has 0 aliphatic carbocycles. The van der Waals surface area contributed by atoms with Crippen molar-refractivity contribution in [1.29, 1.82) is 0 Å². The van der Waals surface area contributed by atoms with Gasteiger partial charge in [0, 0.05) is 27.4 Å². The third-order valence-electron chi connectivity index (χ3n) is 7.74. The number of imidazole rings is 2. The third kappa shape index (κ3) is 7.69. The molecule has 0 N–H and O–H groups in total. The summed E-state index contributed by atoms with van der Waals surface area (Å²) in [7, 11) is -0.857. The number of aryl methyl sites for hydroxylation is 2. The van der Waals surface area contributed by atoms with E-state index in [1.54, 1.807) is 30.5 Å². The second-order valence-corrected chi connectivity index (χ2v) is 14.4. The molecule has 0 aliphatic heterocycles. The van der Waals surface area contributed by atoms with Gasteiger partial charge < -0.3 is 9.46 Å². The summed E-state index contributed by atoms with van der Waals surface area (Å²) in [4.78, 5) is 4.28. The second-order valence-electron chi connectivity index (χ2n) is 11.4. The Kier molecular flexibility index (Phi) is 10.4. The number of ether oxygens (including phenoxy) is 1. The van der Waals surface area contributed by atoms with Crippen molar-refractivity contribution in [2.75, 3.05) is 13.7 Å². The molecular weight excluding hydrogens is 671 g/mol. The number of aromatic nitrogens is 4. The number of benzene rings is 3. The topological polar surface area (TPSA) is 84.1 Å². The van der Waals surface area contributed by atoms with Gasteiger partial charge in [-0.2, -0.15) is 0 Å². The molecule has 0 atom stereocenters. The van der Waals surface area contributed by atoms with Gasteiger partial charge in [-0.15, -0.1) is 6.54 Å². The Labute approximate surface area is 281 Å². The first kappa shape index (κ1) is 34.6. The molecule has 47 heavy (non-hydrogen) atoms. The van der Waals surface area contributed by atoms with Gasteiger partial charge in [-0.05, 0) is 60.5 Å². The van der Waals surface area contributed by atoms with Gasteiger partial charge >= 0.3 is 0 Å². The van der Waals surface area contributed by atoms with E-state index in [2.05, 4.69) is 9.71 Å². The molecule has 0 spiro atoms. The summed E-state index contributed by atoms with van der Waals surface area (Å²) in [6.07, 6.45) is 7.76. The van der Waals surface area contributed by atoms with Crippen molar-refractivity contribution < 1.29 is 30.9 Å². The zero-order valence-electron chi connectivity index (χ0n) is 26.1. The Balaban J connectivity index is 1.38. The van der Waals surface area contributed by atoms with Gasteiger partial charge in [0.25, 0.3) is 0 Å². The zero-order chi connectivity index (χ0) is 33.9. The fourth-order valence-corrected chi connectivity index (χ4v) is 7.55. The van der Waals surface area contributed by atoms with Crippen LogP contribution in [0, 0.1) is 17.5 Å². The largest absolute Gasteiger partial charge is 0.545 e. The summed E-state index contributed by atoms with van der Waals surface area (Å²) in [5, 5.41) is 0.386. The molecule has 0 amide bonds. The number of rotatable bonds is 13. The van der Waals surface area contributed by atoms with Crippen molar-refractivity contribution in [3.05, 3.63) is 124 Å². The van der Waals surface area contributed by atoms with Crippen molar-refractivity contribution in [2.24, 2.45) is 7.05 Å². The first-order valence-corrected chi connectivity index (χ1v) is 17.3. The molecule has 5 aromatic rings. The van der Waals surface area contributed by atoms with Gasteiger partial charge in [0.1, 0.15) is 34.1 Å². The molecule has 0 radical (unpaired) electrons. The van der Waals surface area contributed by atoms with E-state index in [0.717, 1.165) is 11.6 Å². The van der Waals surface area contributed by atoms with E-state index < -0.39 is 32.9 Å². The van der Waals surface area contributed by atoms with Crippen molar-refractivity contribution in [2.45, 2.75) is 48.0 Å². The molecule has 0 aliphatic rings. The fourth-order valence-electron chi connectivity index (χ4n) is 5.06. The van der Waals surface area contributed by atoms with Crippen LogP contribution in [0.5, 0.6) is 5.75 Å². The van der Waals surface area contributed by atoms with Gasteiger partial charge in [-0.1, -0.05) is 43.3 Å². The van der Waals surface area contributed by atoms with E-state index in [1.165, 1.54) is 43.1 Å². The van der Waals surface area contributed by atoms with Crippen molar-refractivity contribution in [1.82, 2.24) is 14.1 Å². The number of thioether (sulfide) groups is 1. The van der Waals surface area contributed by atoms with Crippen LogP contribution in [-0.4, -0.2) is 36.2 Å². The molecule has 5 rings (SSSR count). The van der Waals surface area contributed by atoms with Crippen LogP contribution in [-0.2, 0) is 34.8 Å². The number of halogens is 4. The molecule has 14 heteroatoms. The first-order valence-electron chi connectivity index (χ1n) is 14.5. The average Bonchev–Trinajstić information content (AvgIpc) is 3.65. The van der Waals surface area contributed by atoms with Crippen molar-refractivity contribution >= 4 is 33.4 Å². The highest BCUT2D eigenvalue weighted by Gasteiger charge is 2.30. The standard InChI is InChI=1S/C33H33ClF3N5O3S2/c1-33(2,22-6-11-28(36)30(16-22)45-4)31-19-38-32(42(31)24-9-7-23(35)8-10-24)46-20-26-27(34)17-25(18-29(26)37)47(43,44)39-12-5-13-41-15-14-40(3)21-41/h6-11,14-19,21H,5,12-13,20H2,1-4H3. The van der Waals surface area contributed by atoms with Gasteiger partial charge in [-0.3, -0.25) is 4.57 Å². The Morgan fingerprint density at radius 1 is 1.06 bits per heavy atom. The Hall–Kier alpha value is -3.78. The molecule has 248 valence electrons. The monoisotopic (exact) mass is 703 g/mol. The highest BCUT2D eigenvalue weighted by atomic mass is 35.5. The summed E-state index contributed by atoms with van der Waals surface area (Å²) in [6.45, 7) is 4.49. The lowest BCUT2D eigenvalue weighted by Gasteiger charge is -2.28. The number of hydrogen-bond acceptors (Lipinski definition) is 5. The van der Waals surface area contributed by atoms with E-state index in [-0.39, 0.29) is 33.5 Å². The molecule has 0 unspecified atom stereocenters. The van der Waals surface area contributed by atoms with Crippen LogP contribution in [0.15, 0.2) is 89.6 Å². The predicted molar refractivity (Wildman–Crippen MR) is 175 cm³/mol.